The molecule has 3 heterocycles. The number of rotatable bonds is 5. The third-order valence-corrected chi connectivity index (χ3v) is 6.03. The Bertz CT molecular complexity index is 737. The summed E-state index contributed by atoms with van der Waals surface area (Å²) in [5, 5.41) is 3.40. The molecule has 8 heteroatoms. The first kappa shape index (κ1) is 20.7. The van der Waals surface area contributed by atoms with Crippen LogP contribution in [0.2, 0.25) is 5.02 Å². The van der Waals surface area contributed by atoms with Crippen LogP contribution in [-0.4, -0.2) is 79.9 Å². The minimum Gasteiger partial charge on any atom is -0.486 e. The van der Waals surface area contributed by atoms with E-state index in [1.165, 1.54) is 0 Å². The minimum absolute atomic E-state index is 0.0563. The molecule has 1 aromatic carbocycles. The number of carbonyl (C=O) groups excluding carboxylic acids is 1. The Balaban J connectivity index is 1.34. The smallest absolute Gasteiger partial charge is 0.238 e. The topological polar surface area (TPSA) is 63.3 Å². The molecule has 0 aromatic heterocycles. The predicted octanol–water partition coefficient (Wildman–Crippen LogP) is 2.62. The highest BCUT2D eigenvalue weighted by atomic mass is 35.5. The van der Waals surface area contributed by atoms with E-state index in [1.54, 1.807) is 12.1 Å². The van der Waals surface area contributed by atoms with E-state index in [9.17, 15) is 4.79 Å². The SMILES string of the molecule is CC1CN(CC2CCCN2CC(=O)Nc2cc3c(cc2Cl)OCCO3)CC(C)O1. The summed E-state index contributed by atoms with van der Waals surface area (Å²) in [6.07, 6.45) is 2.76. The van der Waals surface area contributed by atoms with E-state index in [-0.39, 0.29) is 18.1 Å². The first-order chi connectivity index (χ1) is 14.0. The first-order valence-corrected chi connectivity index (χ1v) is 10.9. The lowest BCUT2D eigenvalue weighted by Gasteiger charge is -2.38. The molecule has 0 aliphatic carbocycles. The number of ether oxygens (including phenoxy) is 3. The Morgan fingerprint density at radius 3 is 2.59 bits per heavy atom. The summed E-state index contributed by atoms with van der Waals surface area (Å²) in [7, 11) is 0. The van der Waals surface area contributed by atoms with Gasteiger partial charge in [-0.1, -0.05) is 11.6 Å². The highest BCUT2D eigenvalue weighted by Gasteiger charge is 2.31. The van der Waals surface area contributed by atoms with Gasteiger partial charge in [0, 0.05) is 37.8 Å². The highest BCUT2D eigenvalue weighted by Crippen LogP contribution is 2.38. The summed E-state index contributed by atoms with van der Waals surface area (Å²) >= 11 is 6.32. The normalized spacial score (nSPS) is 27.8. The number of benzene rings is 1. The van der Waals surface area contributed by atoms with Gasteiger partial charge in [-0.15, -0.1) is 0 Å². The van der Waals surface area contributed by atoms with E-state index in [4.69, 9.17) is 25.8 Å². The largest absolute Gasteiger partial charge is 0.486 e. The van der Waals surface area contributed by atoms with Gasteiger partial charge in [-0.05, 0) is 33.2 Å². The molecule has 160 valence electrons. The van der Waals surface area contributed by atoms with Gasteiger partial charge >= 0.3 is 0 Å². The lowest BCUT2D eigenvalue weighted by molar-refractivity contribution is -0.117. The molecule has 2 fully saturated rings. The molecule has 3 aliphatic rings. The second-order valence-electron chi connectivity index (χ2n) is 8.27. The summed E-state index contributed by atoms with van der Waals surface area (Å²) in [4.78, 5) is 17.5. The summed E-state index contributed by atoms with van der Waals surface area (Å²) in [5.74, 6) is 1.18. The van der Waals surface area contributed by atoms with E-state index in [0.29, 0.717) is 48.0 Å². The van der Waals surface area contributed by atoms with Crippen molar-refractivity contribution in [3.05, 3.63) is 17.2 Å². The van der Waals surface area contributed by atoms with E-state index in [2.05, 4.69) is 29.0 Å². The highest BCUT2D eigenvalue weighted by molar-refractivity contribution is 6.34. The van der Waals surface area contributed by atoms with Crippen molar-refractivity contribution in [2.75, 3.05) is 51.3 Å². The van der Waals surface area contributed by atoms with Crippen molar-refractivity contribution in [3.8, 4) is 11.5 Å². The maximum absolute atomic E-state index is 12.7. The molecule has 0 saturated carbocycles. The van der Waals surface area contributed by atoms with Gasteiger partial charge in [0.25, 0.3) is 0 Å². The second kappa shape index (κ2) is 9.08. The predicted molar refractivity (Wildman–Crippen MR) is 112 cm³/mol. The average Bonchev–Trinajstić information content (AvgIpc) is 3.08. The van der Waals surface area contributed by atoms with Gasteiger partial charge in [0.05, 0.1) is 29.5 Å². The zero-order valence-corrected chi connectivity index (χ0v) is 17.9. The number of nitrogens with zero attached hydrogens (tertiary/aromatic N) is 2. The number of halogens is 1. The van der Waals surface area contributed by atoms with Gasteiger partial charge in [0.2, 0.25) is 5.91 Å². The monoisotopic (exact) mass is 423 g/mol. The Morgan fingerprint density at radius 2 is 1.86 bits per heavy atom. The van der Waals surface area contributed by atoms with Crippen LogP contribution < -0.4 is 14.8 Å². The van der Waals surface area contributed by atoms with Crippen LogP contribution in [0.3, 0.4) is 0 Å². The number of likely N-dealkylation sites (tertiary alicyclic amines) is 1. The molecule has 7 nitrogen and oxygen atoms in total. The molecule has 1 amide bonds. The van der Waals surface area contributed by atoms with Crippen molar-refractivity contribution >= 4 is 23.2 Å². The van der Waals surface area contributed by atoms with Gasteiger partial charge in [-0.25, -0.2) is 0 Å². The van der Waals surface area contributed by atoms with Gasteiger partial charge in [0.1, 0.15) is 13.2 Å². The molecular weight excluding hydrogens is 394 g/mol. The van der Waals surface area contributed by atoms with Crippen LogP contribution >= 0.6 is 11.6 Å². The van der Waals surface area contributed by atoms with Crippen molar-refractivity contribution in [2.45, 2.75) is 44.9 Å². The Morgan fingerprint density at radius 1 is 1.17 bits per heavy atom. The molecule has 0 spiro atoms. The summed E-state index contributed by atoms with van der Waals surface area (Å²) in [6.45, 7) is 9.45. The third kappa shape index (κ3) is 5.15. The van der Waals surface area contributed by atoms with E-state index in [1.807, 2.05) is 0 Å². The lowest BCUT2D eigenvalue weighted by atomic mass is 10.1. The van der Waals surface area contributed by atoms with Crippen molar-refractivity contribution in [1.82, 2.24) is 9.80 Å². The standard InChI is InChI=1S/C21H30ClN3O4/c1-14-10-24(11-15(2)29-14)12-16-4-3-5-25(16)13-21(26)23-18-9-20-19(8-17(18)22)27-6-7-28-20/h8-9,14-16H,3-7,10-13H2,1-2H3,(H,23,26). The fourth-order valence-electron chi connectivity index (χ4n) is 4.58. The van der Waals surface area contributed by atoms with Gasteiger partial charge in [0.15, 0.2) is 11.5 Å². The van der Waals surface area contributed by atoms with Crippen LogP contribution in [-0.2, 0) is 9.53 Å². The van der Waals surface area contributed by atoms with Crippen molar-refractivity contribution in [2.24, 2.45) is 0 Å². The maximum Gasteiger partial charge on any atom is 0.238 e. The van der Waals surface area contributed by atoms with E-state index >= 15 is 0 Å². The molecule has 1 aromatic rings. The van der Waals surface area contributed by atoms with Crippen LogP contribution in [0.4, 0.5) is 5.69 Å². The van der Waals surface area contributed by atoms with Gasteiger partial charge < -0.3 is 19.5 Å². The second-order valence-corrected chi connectivity index (χ2v) is 8.67. The minimum atomic E-state index is -0.0563. The summed E-state index contributed by atoms with van der Waals surface area (Å²) in [5.41, 5.74) is 0.562. The maximum atomic E-state index is 12.7. The molecule has 3 aliphatic heterocycles. The molecule has 1 N–H and O–H groups in total. The first-order valence-electron chi connectivity index (χ1n) is 10.5. The quantitative estimate of drug-likeness (QED) is 0.785. The molecular formula is C21H30ClN3O4. The molecule has 29 heavy (non-hydrogen) atoms. The molecule has 2 saturated heterocycles. The Kier molecular flexibility index (Phi) is 6.49. The van der Waals surface area contributed by atoms with Gasteiger partial charge in [-0.2, -0.15) is 0 Å². The number of carbonyl (C=O) groups is 1. The summed E-state index contributed by atoms with van der Waals surface area (Å²) in [6, 6.07) is 3.84. The molecule has 4 rings (SSSR count). The number of hydrogen-bond donors (Lipinski definition) is 1. The van der Waals surface area contributed by atoms with Crippen LogP contribution in [0.5, 0.6) is 11.5 Å². The fraction of sp³-hybridized carbons (Fsp3) is 0.667. The van der Waals surface area contributed by atoms with Gasteiger partial charge in [-0.3, -0.25) is 14.6 Å². The van der Waals surface area contributed by atoms with Crippen molar-refractivity contribution in [3.63, 3.8) is 0 Å². The van der Waals surface area contributed by atoms with Crippen LogP contribution in [0.1, 0.15) is 26.7 Å². The molecule has 0 radical (unpaired) electrons. The molecule has 0 bridgehead atoms. The number of anilines is 1. The number of morpholine rings is 1. The van der Waals surface area contributed by atoms with E-state index < -0.39 is 0 Å². The number of fused-ring (bicyclic) bond motifs is 1. The van der Waals surface area contributed by atoms with Crippen molar-refractivity contribution < 1.29 is 19.0 Å². The van der Waals surface area contributed by atoms with Crippen LogP contribution in [0.25, 0.3) is 0 Å². The average molecular weight is 424 g/mol. The molecule has 3 atom stereocenters. The zero-order chi connectivity index (χ0) is 20.4. The number of hydrogen-bond acceptors (Lipinski definition) is 6. The lowest BCUT2D eigenvalue weighted by Crippen LogP contribution is -2.50. The number of nitrogens with one attached hydrogen (secondary N) is 1. The third-order valence-electron chi connectivity index (χ3n) is 5.72. The Hall–Kier alpha value is -1.54. The van der Waals surface area contributed by atoms with E-state index in [0.717, 1.165) is 39.0 Å². The Labute approximate surface area is 177 Å². The zero-order valence-electron chi connectivity index (χ0n) is 17.2. The van der Waals surface area contributed by atoms with Crippen molar-refractivity contribution in [1.29, 1.82) is 0 Å². The molecule has 3 unspecified atom stereocenters. The van der Waals surface area contributed by atoms with Crippen LogP contribution in [0, 0.1) is 0 Å². The summed E-state index contributed by atoms with van der Waals surface area (Å²) < 4.78 is 17.0. The fourth-order valence-corrected chi connectivity index (χ4v) is 4.78. The number of amides is 1. The van der Waals surface area contributed by atoms with Crippen LogP contribution in [0.15, 0.2) is 12.1 Å².